The number of carbonyl (C=O) groups is 1. The summed E-state index contributed by atoms with van der Waals surface area (Å²) in [5, 5.41) is 6.83. The van der Waals surface area contributed by atoms with E-state index in [2.05, 4.69) is 10.6 Å². The third-order valence-corrected chi connectivity index (χ3v) is 8.14. The lowest BCUT2D eigenvalue weighted by molar-refractivity contribution is 0.262. The first-order valence-corrected chi connectivity index (χ1v) is 14.7. The molecule has 2 amide bonds. The maximum absolute atomic E-state index is 12.9. The Kier molecular flexibility index (Phi) is 7.41. The minimum Gasteiger partial charge on any atom is -0.379 e. The predicted octanol–water partition coefficient (Wildman–Crippen LogP) is 6.02. The van der Waals surface area contributed by atoms with Crippen molar-refractivity contribution in [3.63, 3.8) is 0 Å². The normalized spacial score (nSPS) is 11.5. The molecule has 0 unspecified atom stereocenters. The fourth-order valence-corrected chi connectivity index (χ4v) is 5.71. The first-order valence-electron chi connectivity index (χ1n) is 11.9. The Hall–Kier alpha value is -4.87. The van der Waals surface area contributed by atoms with Crippen LogP contribution in [0.5, 0.6) is 11.5 Å². The molecule has 40 heavy (non-hydrogen) atoms. The van der Waals surface area contributed by atoms with Gasteiger partial charge in [-0.25, -0.2) is 4.79 Å². The van der Waals surface area contributed by atoms with Crippen LogP contribution in [0.25, 0.3) is 10.8 Å². The number of benzene rings is 5. The summed E-state index contributed by atoms with van der Waals surface area (Å²) in [7, 11) is -8.18. The first kappa shape index (κ1) is 26.7. The van der Waals surface area contributed by atoms with Gasteiger partial charge in [-0.2, -0.15) is 16.8 Å². The summed E-state index contributed by atoms with van der Waals surface area (Å²) in [4.78, 5) is 12.6. The lowest BCUT2D eigenvalue weighted by atomic mass is 10.1. The van der Waals surface area contributed by atoms with Crippen LogP contribution in [0.2, 0.25) is 0 Å². The molecule has 0 heterocycles. The zero-order chi connectivity index (χ0) is 28.2. The monoisotopic (exact) mass is 574 g/mol. The number of anilines is 2. The molecular formula is C29H22N2O7S2. The molecule has 0 bridgehead atoms. The average Bonchev–Trinajstić information content (AvgIpc) is 2.93. The molecule has 0 aromatic heterocycles. The molecule has 0 saturated heterocycles. The van der Waals surface area contributed by atoms with E-state index in [0.717, 1.165) is 10.8 Å². The van der Waals surface area contributed by atoms with Gasteiger partial charge in [-0.15, -0.1) is 0 Å². The Morgan fingerprint density at radius 2 is 1.02 bits per heavy atom. The summed E-state index contributed by atoms with van der Waals surface area (Å²) in [6.45, 7) is 0. The van der Waals surface area contributed by atoms with Gasteiger partial charge in [0.2, 0.25) is 0 Å². The zero-order valence-electron chi connectivity index (χ0n) is 20.7. The molecule has 0 spiro atoms. The number of fused-ring (bicyclic) bond motifs is 1. The lowest BCUT2D eigenvalue weighted by Gasteiger charge is -2.12. The van der Waals surface area contributed by atoms with Crippen molar-refractivity contribution in [1.82, 2.24) is 0 Å². The number of urea groups is 1. The molecule has 5 rings (SSSR count). The molecule has 0 aliphatic carbocycles. The smallest absolute Gasteiger partial charge is 0.339 e. The van der Waals surface area contributed by atoms with Crippen LogP contribution >= 0.6 is 0 Å². The lowest BCUT2D eigenvalue weighted by Crippen LogP contribution is -2.19. The van der Waals surface area contributed by atoms with Gasteiger partial charge in [0.15, 0.2) is 0 Å². The van der Waals surface area contributed by atoms with Crippen molar-refractivity contribution in [2.75, 3.05) is 10.6 Å². The minimum atomic E-state index is -4.13. The van der Waals surface area contributed by atoms with Crippen LogP contribution in [0.1, 0.15) is 0 Å². The van der Waals surface area contributed by atoms with Crippen LogP contribution in [0.4, 0.5) is 16.2 Å². The first-order chi connectivity index (χ1) is 19.2. The van der Waals surface area contributed by atoms with Crippen molar-refractivity contribution in [1.29, 1.82) is 0 Å². The highest BCUT2D eigenvalue weighted by atomic mass is 32.2. The summed E-state index contributed by atoms with van der Waals surface area (Å²) in [6.07, 6.45) is 0. The molecule has 2 N–H and O–H groups in total. The zero-order valence-corrected chi connectivity index (χ0v) is 22.4. The molecule has 9 nitrogen and oxygen atoms in total. The molecule has 0 fully saturated rings. The molecule has 0 saturated carbocycles. The van der Waals surface area contributed by atoms with Gasteiger partial charge in [0.05, 0.1) is 0 Å². The van der Waals surface area contributed by atoms with Gasteiger partial charge in [-0.05, 0) is 59.3 Å². The molecule has 5 aromatic rings. The van der Waals surface area contributed by atoms with Crippen LogP contribution in [-0.2, 0) is 20.2 Å². The Labute approximate surface area is 231 Å². The second-order valence-electron chi connectivity index (χ2n) is 8.53. The van der Waals surface area contributed by atoms with Crippen molar-refractivity contribution >= 4 is 48.4 Å². The van der Waals surface area contributed by atoms with Crippen molar-refractivity contribution in [3.8, 4) is 11.5 Å². The van der Waals surface area contributed by atoms with Gasteiger partial charge < -0.3 is 19.0 Å². The van der Waals surface area contributed by atoms with Gasteiger partial charge in [0, 0.05) is 23.5 Å². The van der Waals surface area contributed by atoms with Crippen molar-refractivity contribution in [2.45, 2.75) is 9.79 Å². The Morgan fingerprint density at radius 1 is 0.500 bits per heavy atom. The molecule has 0 radical (unpaired) electrons. The molecule has 0 atom stereocenters. The van der Waals surface area contributed by atoms with Crippen LogP contribution in [0.3, 0.4) is 0 Å². The summed E-state index contributed by atoms with van der Waals surface area (Å²) in [6, 6.07) is 30.9. The molecule has 5 aromatic carbocycles. The van der Waals surface area contributed by atoms with E-state index in [9.17, 15) is 21.6 Å². The predicted molar refractivity (Wildman–Crippen MR) is 152 cm³/mol. The van der Waals surface area contributed by atoms with Crippen LogP contribution in [-0.4, -0.2) is 22.9 Å². The van der Waals surface area contributed by atoms with Gasteiger partial charge in [0.25, 0.3) is 0 Å². The minimum absolute atomic E-state index is 0.00122. The van der Waals surface area contributed by atoms with E-state index in [0.29, 0.717) is 0 Å². The highest BCUT2D eigenvalue weighted by molar-refractivity contribution is 7.87. The second kappa shape index (κ2) is 11.1. The SMILES string of the molecule is O=C(Nc1cccc(OS(=O)(=O)c2ccccc2)c1)Nc1cccc(OS(=O)(=O)c2ccc3ccccc3c2)c1. The Morgan fingerprint density at radius 3 is 1.62 bits per heavy atom. The summed E-state index contributed by atoms with van der Waals surface area (Å²) >= 11 is 0. The van der Waals surface area contributed by atoms with E-state index in [1.165, 1.54) is 60.7 Å². The summed E-state index contributed by atoms with van der Waals surface area (Å²) in [5.74, 6) is 0.0171. The quantitative estimate of drug-likeness (QED) is 0.217. The molecule has 11 heteroatoms. The summed E-state index contributed by atoms with van der Waals surface area (Å²) < 4.78 is 61.2. The highest BCUT2D eigenvalue weighted by Gasteiger charge is 2.18. The van der Waals surface area contributed by atoms with Gasteiger partial charge in [0.1, 0.15) is 21.3 Å². The van der Waals surface area contributed by atoms with Gasteiger partial charge in [-0.1, -0.05) is 60.7 Å². The number of hydrogen-bond acceptors (Lipinski definition) is 7. The van der Waals surface area contributed by atoms with Gasteiger partial charge in [-0.3, -0.25) is 0 Å². The van der Waals surface area contributed by atoms with E-state index in [4.69, 9.17) is 8.37 Å². The van der Waals surface area contributed by atoms with E-state index in [1.807, 2.05) is 24.3 Å². The molecule has 0 aliphatic rings. The number of carbonyl (C=O) groups excluding carboxylic acids is 1. The third-order valence-electron chi connectivity index (χ3n) is 5.64. The third kappa shape index (κ3) is 6.40. The van der Waals surface area contributed by atoms with E-state index in [-0.39, 0.29) is 32.7 Å². The fraction of sp³-hybridized carbons (Fsp3) is 0. The Bertz CT molecular complexity index is 1910. The van der Waals surface area contributed by atoms with Crippen LogP contribution < -0.4 is 19.0 Å². The number of rotatable bonds is 8. The van der Waals surface area contributed by atoms with Crippen LogP contribution in [0, 0.1) is 0 Å². The highest BCUT2D eigenvalue weighted by Crippen LogP contribution is 2.26. The largest absolute Gasteiger partial charge is 0.379 e. The van der Waals surface area contributed by atoms with Gasteiger partial charge >= 0.3 is 26.3 Å². The maximum Gasteiger partial charge on any atom is 0.339 e. The fourth-order valence-electron chi connectivity index (χ4n) is 3.80. The van der Waals surface area contributed by atoms with E-state index >= 15 is 0 Å². The second-order valence-corrected chi connectivity index (χ2v) is 11.6. The van der Waals surface area contributed by atoms with E-state index in [1.54, 1.807) is 36.4 Å². The van der Waals surface area contributed by atoms with Crippen LogP contribution in [0.15, 0.2) is 131 Å². The number of amides is 2. The average molecular weight is 575 g/mol. The maximum atomic E-state index is 12.9. The standard InChI is InChI=1S/C29H22N2O7S2/c32-29(30-23-10-6-12-25(19-23)37-39(33,34)27-14-2-1-3-15-27)31-24-11-7-13-26(20-24)38-40(35,36)28-17-16-21-8-4-5-9-22(21)18-28/h1-20H,(H2,30,31,32). The van der Waals surface area contributed by atoms with Crippen molar-refractivity contribution in [2.24, 2.45) is 0 Å². The van der Waals surface area contributed by atoms with Crippen molar-refractivity contribution < 1.29 is 30.0 Å². The Balaban J connectivity index is 1.24. The number of hydrogen-bond donors (Lipinski definition) is 2. The summed E-state index contributed by atoms with van der Waals surface area (Å²) in [5.41, 5.74) is 0.535. The van der Waals surface area contributed by atoms with E-state index < -0.39 is 26.3 Å². The topological polar surface area (TPSA) is 128 Å². The molecule has 0 aliphatic heterocycles. The number of nitrogens with one attached hydrogen (secondary N) is 2. The molecular weight excluding hydrogens is 552 g/mol. The molecule has 202 valence electrons. The van der Waals surface area contributed by atoms with Crippen molar-refractivity contribution in [3.05, 3.63) is 121 Å².